The number of ether oxygens (including phenoxy) is 1. The third kappa shape index (κ3) is 5.25. The Bertz CT molecular complexity index is 832. The normalized spacial score (nSPS) is 19.3. The Morgan fingerprint density at radius 1 is 1.03 bits per heavy atom. The smallest absolute Gasteiger partial charge is 0.261 e. The Balaban J connectivity index is 1.38. The molecule has 2 heterocycles. The van der Waals surface area contributed by atoms with Crippen LogP contribution in [0.5, 0.6) is 0 Å². The van der Waals surface area contributed by atoms with Gasteiger partial charge in [-0.2, -0.15) is 4.31 Å². The summed E-state index contributed by atoms with van der Waals surface area (Å²) in [7, 11) is -3.43. The van der Waals surface area contributed by atoms with E-state index in [9.17, 15) is 23.1 Å². The molecule has 3 rings (SSSR count). The van der Waals surface area contributed by atoms with Gasteiger partial charge in [0, 0.05) is 32.7 Å². The van der Waals surface area contributed by atoms with Crippen LogP contribution in [0.1, 0.15) is 34.1 Å². The van der Waals surface area contributed by atoms with Gasteiger partial charge >= 0.3 is 0 Å². The van der Waals surface area contributed by atoms with E-state index >= 15 is 0 Å². The minimum atomic E-state index is -3.43. The number of rotatable bonds is 10. The van der Waals surface area contributed by atoms with Crippen LogP contribution in [0, 0.1) is 0 Å². The largest absolute Gasteiger partial charge is 0.392 e. The maximum atomic E-state index is 12.5. The highest BCUT2D eigenvalue weighted by Crippen LogP contribution is 2.21. The molecule has 10 heteroatoms. The molecule has 1 atom stereocenters. The number of hydrogen-bond acceptors (Lipinski definition) is 7. The van der Waals surface area contributed by atoms with Crippen molar-refractivity contribution in [1.82, 2.24) is 14.1 Å². The number of sulfonamides is 1. The first-order valence-electron chi connectivity index (χ1n) is 10.2. The number of carbonyl (C=O) groups excluding carboxylic acids is 2. The lowest BCUT2D eigenvalue weighted by atomic mass is 10.1. The third-order valence-corrected chi connectivity index (χ3v) is 7.32. The van der Waals surface area contributed by atoms with Gasteiger partial charge in [-0.15, -0.1) is 0 Å². The number of aliphatic hydroxyl groups is 1. The summed E-state index contributed by atoms with van der Waals surface area (Å²) in [6.45, 7) is 4.63. The van der Waals surface area contributed by atoms with Crippen molar-refractivity contribution in [2.45, 2.75) is 19.4 Å². The van der Waals surface area contributed by atoms with Crippen molar-refractivity contribution in [2.24, 2.45) is 0 Å². The number of aliphatic hydroxyl groups excluding tert-OH is 1. The molecule has 166 valence electrons. The van der Waals surface area contributed by atoms with Gasteiger partial charge in [-0.1, -0.05) is 19.1 Å². The number of fused-ring (bicyclic) bond motifs is 1. The summed E-state index contributed by atoms with van der Waals surface area (Å²) >= 11 is 0. The number of carbonyl (C=O) groups is 2. The molecule has 0 aliphatic carbocycles. The quantitative estimate of drug-likeness (QED) is 0.404. The lowest BCUT2D eigenvalue weighted by molar-refractivity contribution is 0.0574. The van der Waals surface area contributed by atoms with Crippen LogP contribution >= 0.6 is 0 Å². The summed E-state index contributed by atoms with van der Waals surface area (Å²) in [5.74, 6) is -0.844. The number of imide groups is 1. The maximum Gasteiger partial charge on any atom is 0.261 e. The molecular weight excluding hydrogens is 410 g/mol. The van der Waals surface area contributed by atoms with Crippen LogP contribution in [-0.2, 0) is 14.8 Å². The van der Waals surface area contributed by atoms with E-state index in [2.05, 4.69) is 4.90 Å². The predicted octanol–water partition coefficient (Wildman–Crippen LogP) is 0.0175. The highest BCUT2D eigenvalue weighted by Gasteiger charge is 2.34. The summed E-state index contributed by atoms with van der Waals surface area (Å²) in [4.78, 5) is 27.7. The predicted molar refractivity (Wildman–Crippen MR) is 111 cm³/mol. The molecule has 2 aliphatic heterocycles. The monoisotopic (exact) mass is 439 g/mol. The molecule has 1 saturated heterocycles. The van der Waals surface area contributed by atoms with Gasteiger partial charge in [-0.05, 0) is 18.6 Å². The molecule has 0 bridgehead atoms. The second kappa shape index (κ2) is 9.97. The second-order valence-corrected chi connectivity index (χ2v) is 9.59. The third-order valence-electron chi connectivity index (χ3n) is 5.49. The van der Waals surface area contributed by atoms with E-state index in [1.807, 2.05) is 6.92 Å². The first kappa shape index (κ1) is 22.8. The average molecular weight is 440 g/mol. The number of β-amino-alcohol motifs (C(OH)–C–C–N with tert-alkyl or cyclic N) is 1. The SMILES string of the molecule is CC[C@H](O)CN1CCN(S(=O)(=O)CCOCCN2C(=O)c3ccccc3C2=O)CC1. The van der Waals surface area contributed by atoms with Gasteiger partial charge < -0.3 is 9.84 Å². The van der Waals surface area contributed by atoms with Crippen molar-refractivity contribution in [3.63, 3.8) is 0 Å². The average Bonchev–Trinajstić information content (AvgIpc) is 2.98. The summed E-state index contributed by atoms with van der Waals surface area (Å²) in [5, 5.41) is 9.73. The fourth-order valence-electron chi connectivity index (χ4n) is 3.61. The minimum absolute atomic E-state index is 0.000264. The van der Waals surface area contributed by atoms with Crippen LogP contribution in [0.4, 0.5) is 0 Å². The van der Waals surface area contributed by atoms with Gasteiger partial charge in [0.15, 0.2) is 0 Å². The number of benzene rings is 1. The van der Waals surface area contributed by atoms with Crippen LogP contribution in [0.3, 0.4) is 0 Å². The zero-order chi connectivity index (χ0) is 21.7. The van der Waals surface area contributed by atoms with E-state index in [1.165, 1.54) is 4.31 Å². The molecular formula is C20H29N3O6S. The first-order chi connectivity index (χ1) is 14.3. The number of hydrogen-bond donors (Lipinski definition) is 1. The molecule has 1 fully saturated rings. The van der Waals surface area contributed by atoms with E-state index in [1.54, 1.807) is 24.3 Å². The molecule has 0 saturated carbocycles. The number of piperazine rings is 1. The maximum absolute atomic E-state index is 12.5. The molecule has 2 amide bonds. The lowest BCUT2D eigenvalue weighted by Gasteiger charge is -2.34. The Morgan fingerprint density at radius 2 is 1.63 bits per heavy atom. The van der Waals surface area contributed by atoms with Gasteiger partial charge in [0.25, 0.3) is 11.8 Å². The number of amides is 2. The zero-order valence-corrected chi connectivity index (χ0v) is 18.0. The van der Waals surface area contributed by atoms with Gasteiger partial charge in [0.1, 0.15) is 0 Å². The molecule has 1 N–H and O–H groups in total. The van der Waals surface area contributed by atoms with E-state index in [0.29, 0.717) is 50.3 Å². The standard InChI is InChI=1S/C20H29N3O6S/c1-2-16(24)15-21-7-9-22(10-8-21)30(27,28)14-13-29-12-11-23-19(25)17-5-3-4-6-18(17)20(23)26/h3-6,16,24H,2,7-15H2,1H3/t16-/m0/s1. The topological polar surface area (TPSA) is 107 Å². The molecule has 9 nitrogen and oxygen atoms in total. The van der Waals surface area contributed by atoms with Crippen molar-refractivity contribution in [2.75, 3.05) is 58.2 Å². The summed E-state index contributed by atoms with van der Waals surface area (Å²) in [6, 6.07) is 6.65. The Morgan fingerprint density at radius 3 is 2.20 bits per heavy atom. The molecule has 1 aromatic carbocycles. The van der Waals surface area contributed by atoms with Crippen LogP contribution in [-0.4, -0.2) is 104 Å². The zero-order valence-electron chi connectivity index (χ0n) is 17.2. The minimum Gasteiger partial charge on any atom is -0.392 e. The molecule has 0 spiro atoms. The van der Waals surface area contributed by atoms with Gasteiger partial charge in [-0.3, -0.25) is 19.4 Å². The molecule has 30 heavy (non-hydrogen) atoms. The van der Waals surface area contributed by atoms with E-state index in [0.717, 1.165) is 4.90 Å². The molecule has 0 aromatic heterocycles. The van der Waals surface area contributed by atoms with E-state index in [-0.39, 0.29) is 43.4 Å². The molecule has 2 aliphatic rings. The summed E-state index contributed by atoms with van der Waals surface area (Å²) in [5.41, 5.74) is 0.770. The van der Waals surface area contributed by atoms with Crippen LogP contribution in [0.25, 0.3) is 0 Å². The van der Waals surface area contributed by atoms with Crippen molar-refractivity contribution < 1.29 is 27.9 Å². The Labute approximate surface area is 177 Å². The van der Waals surface area contributed by atoms with Crippen LogP contribution in [0.2, 0.25) is 0 Å². The Kier molecular flexibility index (Phi) is 7.59. The van der Waals surface area contributed by atoms with Gasteiger partial charge in [-0.25, -0.2) is 8.42 Å². The first-order valence-corrected chi connectivity index (χ1v) is 11.9. The van der Waals surface area contributed by atoms with Crippen LogP contribution < -0.4 is 0 Å². The van der Waals surface area contributed by atoms with Crippen molar-refractivity contribution in [3.8, 4) is 0 Å². The fourth-order valence-corrected chi connectivity index (χ4v) is 4.92. The Hall–Kier alpha value is -1.85. The lowest BCUT2D eigenvalue weighted by Crippen LogP contribution is -2.51. The highest BCUT2D eigenvalue weighted by molar-refractivity contribution is 7.89. The number of nitrogens with zero attached hydrogens (tertiary/aromatic N) is 3. The summed E-state index contributed by atoms with van der Waals surface area (Å²) < 4.78 is 31.9. The highest BCUT2D eigenvalue weighted by atomic mass is 32.2. The van der Waals surface area contributed by atoms with E-state index in [4.69, 9.17) is 4.74 Å². The van der Waals surface area contributed by atoms with Gasteiger partial charge in [0.2, 0.25) is 10.0 Å². The van der Waals surface area contributed by atoms with E-state index < -0.39 is 10.0 Å². The van der Waals surface area contributed by atoms with Crippen molar-refractivity contribution in [1.29, 1.82) is 0 Å². The molecule has 1 aromatic rings. The molecule has 0 radical (unpaired) electrons. The summed E-state index contributed by atoms with van der Waals surface area (Å²) in [6.07, 6.45) is 0.292. The van der Waals surface area contributed by atoms with Crippen LogP contribution in [0.15, 0.2) is 24.3 Å². The molecule has 0 unspecified atom stereocenters. The van der Waals surface area contributed by atoms with Crippen molar-refractivity contribution >= 4 is 21.8 Å². The second-order valence-electron chi connectivity index (χ2n) is 7.50. The van der Waals surface area contributed by atoms with Gasteiger partial charge in [0.05, 0.1) is 42.7 Å². The fraction of sp³-hybridized carbons (Fsp3) is 0.600. The van der Waals surface area contributed by atoms with Crippen molar-refractivity contribution in [3.05, 3.63) is 35.4 Å².